The first-order valence-corrected chi connectivity index (χ1v) is 12.4. The van der Waals surface area contributed by atoms with Gasteiger partial charge in [-0.25, -0.2) is 4.79 Å². The number of rotatable bonds is 11. The summed E-state index contributed by atoms with van der Waals surface area (Å²) in [5, 5.41) is 6.16. The Labute approximate surface area is 224 Å². The molecule has 0 saturated carbocycles. The fourth-order valence-electron chi connectivity index (χ4n) is 3.65. The standard InChI is InChI=1S/C29H37N3O6/c1-19-9-10-20(18-31-19)21-13-22(32-23-16-25(34-5)27(36-7)26(17-23)35-6)15-24(14-21)37-12-8-11-30-28(33)38-29(2,3)4/h9-10,13-18,32H,8,11-12H2,1-7H3,(H,30,33). The van der Waals surface area contributed by atoms with Crippen LogP contribution in [0, 0.1) is 6.92 Å². The third-order valence-corrected chi connectivity index (χ3v) is 5.36. The van der Waals surface area contributed by atoms with Gasteiger partial charge < -0.3 is 34.3 Å². The van der Waals surface area contributed by atoms with Gasteiger partial charge in [0, 0.05) is 53.6 Å². The van der Waals surface area contributed by atoms with Gasteiger partial charge in [0.15, 0.2) is 11.5 Å². The highest BCUT2D eigenvalue weighted by Crippen LogP contribution is 2.41. The molecule has 0 saturated heterocycles. The van der Waals surface area contributed by atoms with Gasteiger partial charge in [0.25, 0.3) is 0 Å². The van der Waals surface area contributed by atoms with Crippen LogP contribution in [0.2, 0.25) is 0 Å². The van der Waals surface area contributed by atoms with E-state index in [4.69, 9.17) is 23.7 Å². The van der Waals surface area contributed by atoms with Crippen LogP contribution in [-0.2, 0) is 4.74 Å². The summed E-state index contributed by atoms with van der Waals surface area (Å²) in [5.41, 5.74) is 3.87. The van der Waals surface area contributed by atoms with E-state index in [0.29, 0.717) is 42.6 Å². The van der Waals surface area contributed by atoms with E-state index in [1.165, 1.54) is 0 Å². The number of methoxy groups -OCH3 is 3. The third kappa shape index (κ3) is 8.19. The molecular weight excluding hydrogens is 486 g/mol. The Morgan fingerprint density at radius 2 is 1.58 bits per heavy atom. The van der Waals surface area contributed by atoms with Gasteiger partial charge >= 0.3 is 6.09 Å². The minimum Gasteiger partial charge on any atom is -0.493 e. The topological polar surface area (TPSA) is 100 Å². The number of amides is 1. The summed E-state index contributed by atoms with van der Waals surface area (Å²) >= 11 is 0. The van der Waals surface area contributed by atoms with Crippen LogP contribution < -0.4 is 29.6 Å². The molecule has 0 radical (unpaired) electrons. The first-order valence-electron chi connectivity index (χ1n) is 12.4. The largest absolute Gasteiger partial charge is 0.493 e. The molecular formula is C29H37N3O6. The summed E-state index contributed by atoms with van der Waals surface area (Å²) < 4.78 is 27.7. The SMILES string of the molecule is COc1cc(Nc2cc(OCCCNC(=O)OC(C)(C)C)cc(-c3ccc(C)nc3)c2)cc(OC)c1OC. The highest BCUT2D eigenvalue weighted by Gasteiger charge is 2.16. The Bertz CT molecular complexity index is 1200. The van der Waals surface area contributed by atoms with Crippen molar-refractivity contribution >= 4 is 17.5 Å². The number of pyridine rings is 1. The molecule has 0 bridgehead atoms. The normalized spacial score (nSPS) is 10.9. The molecule has 1 amide bonds. The van der Waals surface area contributed by atoms with Crippen LogP contribution in [0.1, 0.15) is 32.9 Å². The van der Waals surface area contributed by atoms with Crippen molar-refractivity contribution in [2.24, 2.45) is 0 Å². The third-order valence-electron chi connectivity index (χ3n) is 5.36. The Morgan fingerprint density at radius 1 is 0.895 bits per heavy atom. The summed E-state index contributed by atoms with van der Waals surface area (Å²) in [4.78, 5) is 16.3. The van der Waals surface area contributed by atoms with Gasteiger partial charge in [-0.1, -0.05) is 6.07 Å². The number of hydrogen-bond donors (Lipinski definition) is 2. The van der Waals surface area contributed by atoms with E-state index in [1.54, 1.807) is 21.3 Å². The van der Waals surface area contributed by atoms with E-state index in [-0.39, 0.29) is 0 Å². The van der Waals surface area contributed by atoms with Crippen molar-refractivity contribution in [3.63, 3.8) is 0 Å². The molecule has 204 valence electrons. The highest BCUT2D eigenvalue weighted by atomic mass is 16.6. The molecule has 38 heavy (non-hydrogen) atoms. The summed E-state index contributed by atoms with van der Waals surface area (Å²) in [7, 11) is 4.73. The maximum absolute atomic E-state index is 11.9. The Balaban J connectivity index is 1.79. The monoisotopic (exact) mass is 523 g/mol. The smallest absolute Gasteiger partial charge is 0.407 e. The molecule has 0 aliphatic heterocycles. The summed E-state index contributed by atoms with van der Waals surface area (Å²) in [6.07, 6.45) is 2.01. The maximum atomic E-state index is 11.9. The zero-order valence-corrected chi connectivity index (χ0v) is 23.1. The van der Waals surface area contributed by atoms with Gasteiger partial charge in [-0.05, 0) is 57.9 Å². The second-order valence-electron chi connectivity index (χ2n) is 9.60. The quantitative estimate of drug-likeness (QED) is 0.290. The van der Waals surface area contributed by atoms with Crippen LogP contribution in [0.4, 0.5) is 16.2 Å². The lowest BCUT2D eigenvalue weighted by molar-refractivity contribution is 0.0525. The molecule has 0 unspecified atom stereocenters. The number of nitrogens with zero attached hydrogens (tertiary/aromatic N) is 1. The summed E-state index contributed by atoms with van der Waals surface area (Å²) in [6.45, 7) is 8.29. The molecule has 0 spiro atoms. The fraction of sp³-hybridized carbons (Fsp3) is 0.379. The zero-order valence-electron chi connectivity index (χ0n) is 23.1. The number of benzene rings is 2. The van der Waals surface area contributed by atoms with Crippen LogP contribution in [-0.4, -0.2) is 51.2 Å². The molecule has 0 fully saturated rings. The van der Waals surface area contributed by atoms with Gasteiger partial charge in [-0.3, -0.25) is 4.98 Å². The molecule has 2 N–H and O–H groups in total. The van der Waals surface area contributed by atoms with Crippen LogP contribution in [0.25, 0.3) is 11.1 Å². The van der Waals surface area contributed by atoms with Crippen LogP contribution >= 0.6 is 0 Å². The van der Waals surface area contributed by atoms with E-state index in [0.717, 1.165) is 28.2 Å². The molecule has 9 nitrogen and oxygen atoms in total. The molecule has 0 atom stereocenters. The summed E-state index contributed by atoms with van der Waals surface area (Å²) in [6, 6.07) is 13.6. The van der Waals surface area contributed by atoms with E-state index < -0.39 is 11.7 Å². The molecule has 1 aromatic heterocycles. The Kier molecular flexibility index (Phi) is 9.65. The minimum atomic E-state index is -0.535. The van der Waals surface area contributed by atoms with Crippen molar-refractivity contribution in [1.82, 2.24) is 10.3 Å². The van der Waals surface area contributed by atoms with Crippen LogP contribution in [0.3, 0.4) is 0 Å². The zero-order chi connectivity index (χ0) is 27.7. The van der Waals surface area contributed by atoms with Gasteiger partial charge in [-0.15, -0.1) is 0 Å². The van der Waals surface area contributed by atoms with Gasteiger partial charge in [0.1, 0.15) is 11.4 Å². The highest BCUT2D eigenvalue weighted by molar-refractivity contribution is 5.74. The first kappa shape index (κ1) is 28.4. The molecule has 9 heteroatoms. The number of alkyl carbamates (subject to hydrolysis) is 1. The fourth-order valence-corrected chi connectivity index (χ4v) is 3.65. The number of aryl methyl sites for hydroxylation is 1. The molecule has 3 aromatic rings. The molecule has 0 aliphatic rings. The number of aromatic nitrogens is 1. The van der Waals surface area contributed by atoms with Gasteiger partial charge in [-0.2, -0.15) is 0 Å². The number of hydrogen-bond acceptors (Lipinski definition) is 8. The lowest BCUT2D eigenvalue weighted by Gasteiger charge is -2.19. The number of anilines is 2. The van der Waals surface area contributed by atoms with Gasteiger partial charge in [0.05, 0.1) is 27.9 Å². The first-order chi connectivity index (χ1) is 18.1. The molecule has 0 aliphatic carbocycles. The molecule has 1 heterocycles. The second kappa shape index (κ2) is 12.9. The molecule has 3 rings (SSSR count). The van der Waals surface area contributed by atoms with E-state index in [9.17, 15) is 4.79 Å². The maximum Gasteiger partial charge on any atom is 0.407 e. The average Bonchev–Trinajstić information content (AvgIpc) is 2.87. The van der Waals surface area contributed by atoms with Gasteiger partial charge in [0.2, 0.25) is 5.75 Å². The van der Waals surface area contributed by atoms with E-state index >= 15 is 0 Å². The van der Waals surface area contributed by atoms with Crippen molar-refractivity contribution in [1.29, 1.82) is 0 Å². The van der Waals surface area contributed by atoms with Crippen molar-refractivity contribution in [2.45, 2.75) is 39.7 Å². The van der Waals surface area contributed by atoms with E-state index in [1.807, 2.05) is 76.4 Å². The van der Waals surface area contributed by atoms with Crippen molar-refractivity contribution in [3.8, 4) is 34.1 Å². The number of ether oxygens (including phenoxy) is 5. The van der Waals surface area contributed by atoms with Crippen molar-refractivity contribution in [2.75, 3.05) is 39.8 Å². The van der Waals surface area contributed by atoms with Crippen LogP contribution in [0.5, 0.6) is 23.0 Å². The lowest BCUT2D eigenvalue weighted by atomic mass is 10.1. The minimum absolute atomic E-state index is 0.412. The van der Waals surface area contributed by atoms with E-state index in [2.05, 4.69) is 15.6 Å². The summed E-state index contributed by atoms with van der Waals surface area (Å²) in [5.74, 6) is 2.28. The average molecular weight is 524 g/mol. The predicted molar refractivity (Wildman–Crippen MR) is 148 cm³/mol. The molecule has 2 aromatic carbocycles. The van der Waals surface area contributed by atoms with Crippen molar-refractivity contribution < 1.29 is 28.5 Å². The lowest BCUT2D eigenvalue weighted by Crippen LogP contribution is -2.33. The van der Waals surface area contributed by atoms with Crippen molar-refractivity contribution in [3.05, 3.63) is 54.4 Å². The Morgan fingerprint density at radius 3 is 2.16 bits per heavy atom. The Hall–Kier alpha value is -4.14. The second-order valence-corrected chi connectivity index (χ2v) is 9.60. The number of carbonyl (C=O) groups is 1. The predicted octanol–water partition coefficient (Wildman–Crippen LogP) is 6.12. The number of nitrogens with one attached hydrogen (secondary N) is 2. The number of carbonyl (C=O) groups excluding carboxylic acids is 1. The van der Waals surface area contributed by atoms with Crippen LogP contribution in [0.15, 0.2) is 48.7 Å².